The monoisotopic (exact) mass is 405 g/mol. The van der Waals surface area contributed by atoms with Crippen LogP contribution in [0, 0.1) is 0 Å². The molecule has 1 N–H and O–H groups in total. The molecule has 152 valence electrons. The van der Waals surface area contributed by atoms with Crippen molar-refractivity contribution < 1.29 is 18.0 Å². The second-order valence-corrected chi connectivity index (χ2v) is 7.04. The molecule has 0 aliphatic heterocycles. The number of aryl methyl sites for hydroxylation is 1. The number of hydrogen-bond acceptors (Lipinski definition) is 6. The number of amides is 1. The lowest BCUT2D eigenvalue weighted by Gasteiger charge is -2.28. The third-order valence-corrected chi connectivity index (χ3v) is 5.10. The summed E-state index contributed by atoms with van der Waals surface area (Å²) in [4.78, 5) is 31.2. The number of carbonyl (C=O) groups is 1. The molecule has 29 heavy (non-hydrogen) atoms. The van der Waals surface area contributed by atoms with Crippen LogP contribution >= 0.6 is 0 Å². The van der Waals surface area contributed by atoms with Gasteiger partial charge in [-0.05, 0) is 18.9 Å². The summed E-state index contributed by atoms with van der Waals surface area (Å²) in [6, 6.07) is 1.63. The van der Waals surface area contributed by atoms with Crippen molar-refractivity contribution in [1.82, 2.24) is 29.8 Å². The van der Waals surface area contributed by atoms with Gasteiger partial charge in [0.05, 0.1) is 0 Å². The van der Waals surface area contributed by atoms with Crippen LogP contribution in [-0.4, -0.2) is 55.7 Å². The summed E-state index contributed by atoms with van der Waals surface area (Å²) < 4.78 is 39.2. The molecule has 1 fully saturated rings. The highest BCUT2D eigenvalue weighted by atomic mass is 19.4. The molecule has 0 spiro atoms. The molecular weight excluding hydrogens is 387 g/mol. The van der Waals surface area contributed by atoms with E-state index in [1.54, 1.807) is 30.4 Å². The van der Waals surface area contributed by atoms with Gasteiger partial charge in [-0.2, -0.15) is 13.2 Å². The number of aromatic nitrogens is 5. The Kier molecular flexibility index (Phi) is 4.39. The summed E-state index contributed by atoms with van der Waals surface area (Å²) in [5, 5.41) is 2.76. The number of carbonyl (C=O) groups excluding carboxylic acids is 1. The van der Waals surface area contributed by atoms with E-state index >= 15 is 0 Å². The van der Waals surface area contributed by atoms with Crippen molar-refractivity contribution in [3.05, 3.63) is 31.0 Å². The average Bonchev–Trinajstić information content (AvgIpc) is 3.44. The lowest BCUT2D eigenvalue weighted by molar-refractivity contribution is -0.139. The summed E-state index contributed by atoms with van der Waals surface area (Å²) in [5.41, 5.74) is 0.422. The molecule has 0 aromatic carbocycles. The minimum atomic E-state index is -4.46. The Morgan fingerprint density at radius 3 is 2.79 bits per heavy atom. The maximum absolute atomic E-state index is 12.5. The number of alkyl halides is 3. The van der Waals surface area contributed by atoms with Gasteiger partial charge in [-0.3, -0.25) is 4.79 Å². The number of halogens is 3. The van der Waals surface area contributed by atoms with Gasteiger partial charge in [0.2, 0.25) is 5.91 Å². The van der Waals surface area contributed by atoms with Gasteiger partial charge < -0.3 is 14.8 Å². The van der Waals surface area contributed by atoms with Crippen molar-refractivity contribution in [2.75, 3.05) is 18.5 Å². The normalized spacial score (nSPS) is 15.3. The Hall–Kier alpha value is -3.24. The highest BCUT2D eigenvalue weighted by Gasteiger charge is 2.54. The number of likely N-dealkylation sites (N-methyl/N-ethyl adjacent to an activating group) is 1. The predicted octanol–water partition coefficient (Wildman–Crippen LogP) is 2.07. The zero-order valence-corrected chi connectivity index (χ0v) is 15.7. The number of fused-ring (bicyclic) bond motifs is 1. The van der Waals surface area contributed by atoms with E-state index in [4.69, 9.17) is 0 Å². The van der Waals surface area contributed by atoms with Crippen LogP contribution in [0.1, 0.15) is 12.8 Å². The highest BCUT2D eigenvalue weighted by molar-refractivity contribution is 5.93. The molecule has 1 aliphatic carbocycles. The Labute approximate surface area is 163 Å². The lowest BCUT2D eigenvalue weighted by Crippen LogP contribution is -2.50. The van der Waals surface area contributed by atoms with Crippen molar-refractivity contribution in [1.29, 1.82) is 0 Å². The van der Waals surface area contributed by atoms with Gasteiger partial charge in [0.25, 0.3) is 0 Å². The lowest BCUT2D eigenvalue weighted by atomic mass is 10.2. The number of rotatable bonds is 5. The van der Waals surface area contributed by atoms with Gasteiger partial charge in [-0.25, -0.2) is 19.9 Å². The van der Waals surface area contributed by atoms with Crippen molar-refractivity contribution in [2.24, 2.45) is 7.05 Å². The molecule has 1 saturated carbocycles. The quantitative estimate of drug-likeness (QED) is 0.699. The first kappa shape index (κ1) is 19.1. The first-order valence-electron chi connectivity index (χ1n) is 8.89. The number of nitrogens with zero attached hydrogens (tertiary/aromatic N) is 6. The maximum Gasteiger partial charge on any atom is 0.405 e. The third kappa shape index (κ3) is 3.47. The zero-order chi connectivity index (χ0) is 20.8. The van der Waals surface area contributed by atoms with E-state index in [1.807, 2.05) is 23.1 Å². The van der Waals surface area contributed by atoms with Gasteiger partial charge in [0.15, 0.2) is 5.82 Å². The molecule has 0 bridgehead atoms. The Morgan fingerprint density at radius 2 is 2.10 bits per heavy atom. The van der Waals surface area contributed by atoms with Crippen LogP contribution < -0.4 is 10.2 Å². The van der Waals surface area contributed by atoms with Crippen LogP contribution in [0.15, 0.2) is 31.0 Å². The number of hydrogen-bond donors (Lipinski definition) is 1. The van der Waals surface area contributed by atoms with Gasteiger partial charge in [-0.15, -0.1) is 0 Å². The van der Waals surface area contributed by atoms with Gasteiger partial charge in [0.1, 0.15) is 29.9 Å². The summed E-state index contributed by atoms with van der Waals surface area (Å²) in [7, 11) is 3.50. The SMILES string of the molecule is CN(c1ccnc(-c2cn(C)c3ncncc23)n1)C1(C(=O)NCC(F)(F)F)CC1. The molecule has 3 aromatic heterocycles. The summed E-state index contributed by atoms with van der Waals surface area (Å²) in [6.45, 7) is -1.35. The second kappa shape index (κ2) is 6.68. The molecule has 8 nitrogen and oxygen atoms in total. The number of nitrogens with one attached hydrogen (secondary N) is 1. The molecule has 4 rings (SSSR count). The van der Waals surface area contributed by atoms with Crippen LogP contribution in [0.2, 0.25) is 0 Å². The molecule has 3 aromatic rings. The van der Waals surface area contributed by atoms with E-state index in [-0.39, 0.29) is 0 Å². The van der Waals surface area contributed by atoms with Crippen LogP contribution in [0.5, 0.6) is 0 Å². The van der Waals surface area contributed by atoms with Crippen LogP contribution in [0.3, 0.4) is 0 Å². The fourth-order valence-corrected chi connectivity index (χ4v) is 3.36. The molecule has 0 unspecified atom stereocenters. The van der Waals surface area contributed by atoms with Crippen LogP contribution in [-0.2, 0) is 11.8 Å². The molecule has 0 radical (unpaired) electrons. The number of anilines is 1. The van der Waals surface area contributed by atoms with Gasteiger partial charge in [0, 0.05) is 43.6 Å². The Balaban J connectivity index is 1.63. The Morgan fingerprint density at radius 1 is 1.34 bits per heavy atom. The first-order valence-corrected chi connectivity index (χ1v) is 8.89. The molecular formula is C18H18F3N7O. The maximum atomic E-state index is 12.5. The standard InChI is InChI=1S/C18H18F3N7O/c1-27-8-12(11-7-22-10-25-15(11)27)14-23-6-3-13(26-14)28(2)17(4-5-17)16(29)24-9-18(19,20)21/h3,6-8,10H,4-5,9H2,1-2H3,(H,24,29). The molecule has 3 heterocycles. The molecule has 1 amide bonds. The minimum Gasteiger partial charge on any atom is -0.345 e. The third-order valence-electron chi connectivity index (χ3n) is 5.10. The summed E-state index contributed by atoms with van der Waals surface area (Å²) >= 11 is 0. The van der Waals surface area contributed by atoms with E-state index < -0.39 is 24.2 Å². The van der Waals surface area contributed by atoms with Crippen LogP contribution in [0.4, 0.5) is 19.0 Å². The van der Waals surface area contributed by atoms with E-state index in [0.717, 1.165) is 16.6 Å². The van der Waals surface area contributed by atoms with E-state index in [1.165, 1.54) is 6.33 Å². The second-order valence-electron chi connectivity index (χ2n) is 7.04. The zero-order valence-electron chi connectivity index (χ0n) is 15.7. The smallest absolute Gasteiger partial charge is 0.345 e. The van der Waals surface area contributed by atoms with Crippen molar-refractivity contribution >= 4 is 22.8 Å². The van der Waals surface area contributed by atoms with Gasteiger partial charge in [-0.1, -0.05) is 0 Å². The van der Waals surface area contributed by atoms with Crippen molar-refractivity contribution in [3.8, 4) is 11.4 Å². The average molecular weight is 405 g/mol. The van der Waals surface area contributed by atoms with Crippen molar-refractivity contribution in [2.45, 2.75) is 24.6 Å². The van der Waals surface area contributed by atoms with E-state index in [0.29, 0.717) is 24.5 Å². The Bertz CT molecular complexity index is 1070. The largest absolute Gasteiger partial charge is 0.405 e. The predicted molar refractivity (Wildman–Crippen MR) is 99.0 cm³/mol. The van der Waals surface area contributed by atoms with Crippen LogP contribution in [0.25, 0.3) is 22.4 Å². The first-order chi connectivity index (χ1) is 13.7. The minimum absolute atomic E-state index is 0.418. The van der Waals surface area contributed by atoms with E-state index in [9.17, 15) is 18.0 Å². The topological polar surface area (TPSA) is 88.8 Å². The molecule has 1 aliphatic rings. The molecule has 0 atom stereocenters. The van der Waals surface area contributed by atoms with Crippen molar-refractivity contribution in [3.63, 3.8) is 0 Å². The van der Waals surface area contributed by atoms with E-state index in [2.05, 4.69) is 19.9 Å². The van der Waals surface area contributed by atoms with Gasteiger partial charge >= 0.3 is 6.18 Å². The molecule has 0 saturated heterocycles. The highest BCUT2D eigenvalue weighted by Crippen LogP contribution is 2.43. The molecule has 11 heteroatoms. The fraction of sp³-hybridized carbons (Fsp3) is 0.389. The summed E-state index contributed by atoms with van der Waals surface area (Å²) in [6.07, 6.45) is 2.96. The fourth-order valence-electron chi connectivity index (χ4n) is 3.36. The summed E-state index contributed by atoms with van der Waals surface area (Å²) in [5.74, 6) is 0.209.